The number of carbonyl (C=O) groups excluding carboxylic acids is 2. The van der Waals surface area contributed by atoms with Gasteiger partial charge < -0.3 is 9.64 Å². The van der Waals surface area contributed by atoms with Crippen molar-refractivity contribution in [2.45, 2.75) is 63.5 Å². The molecule has 2 aliphatic carbocycles. The number of hydrogen-bond donors (Lipinski definition) is 0. The van der Waals surface area contributed by atoms with Crippen molar-refractivity contribution in [3.05, 3.63) is 65.2 Å². The van der Waals surface area contributed by atoms with Crippen LogP contribution in [0.3, 0.4) is 0 Å². The maximum Gasteiger partial charge on any atom is 0.223 e. The fraction of sp³-hybridized carbons (Fsp3) is 0.440. The van der Waals surface area contributed by atoms with E-state index in [1.165, 1.54) is 11.1 Å². The average molecular weight is 392 g/mol. The van der Waals surface area contributed by atoms with E-state index in [4.69, 9.17) is 4.74 Å². The molecule has 0 heterocycles. The van der Waals surface area contributed by atoms with Crippen LogP contribution in [0.2, 0.25) is 0 Å². The van der Waals surface area contributed by atoms with Crippen LogP contribution in [0.25, 0.3) is 0 Å². The third-order valence-corrected chi connectivity index (χ3v) is 6.11. The summed E-state index contributed by atoms with van der Waals surface area (Å²) in [6, 6.07) is 16.3. The standard InChI is InChI=1S/C25H29NO3/c1-29-21-16-12-19(13-17-21)24(27)10-5-11-25(28)26(20-14-15-20)23-9-4-7-18-6-2-3-8-22(18)23/h2-3,6,8,12-13,16-17,20,23H,4-5,7,9-11,14-15H2,1H3. The molecule has 1 unspecified atom stereocenters. The van der Waals surface area contributed by atoms with Gasteiger partial charge in [-0.1, -0.05) is 24.3 Å². The molecule has 2 aromatic carbocycles. The van der Waals surface area contributed by atoms with E-state index in [0.717, 1.165) is 37.9 Å². The molecule has 2 aliphatic rings. The van der Waals surface area contributed by atoms with Crippen molar-refractivity contribution in [2.24, 2.45) is 0 Å². The minimum absolute atomic E-state index is 0.0847. The number of nitrogens with zero attached hydrogens (tertiary/aromatic N) is 1. The van der Waals surface area contributed by atoms with Crippen molar-refractivity contribution in [3.63, 3.8) is 0 Å². The number of ketones is 1. The monoisotopic (exact) mass is 391 g/mol. The molecule has 4 rings (SSSR count). The lowest BCUT2D eigenvalue weighted by atomic mass is 9.86. The van der Waals surface area contributed by atoms with E-state index in [0.29, 0.717) is 30.9 Å². The van der Waals surface area contributed by atoms with Crippen molar-refractivity contribution >= 4 is 11.7 Å². The Kier molecular flexibility index (Phi) is 5.98. The Balaban J connectivity index is 1.37. The zero-order valence-corrected chi connectivity index (χ0v) is 17.1. The number of methoxy groups -OCH3 is 1. The molecule has 4 nitrogen and oxygen atoms in total. The maximum absolute atomic E-state index is 13.1. The minimum Gasteiger partial charge on any atom is -0.497 e. The van der Waals surface area contributed by atoms with Gasteiger partial charge in [0.1, 0.15) is 5.75 Å². The van der Waals surface area contributed by atoms with Gasteiger partial charge in [0.05, 0.1) is 13.2 Å². The van der Waals surface area contributed by atoms with Crippen molar-refractivity contribution in [2.75, 3.05) is 7.11 Å². The maximum atomic E-state index is 13.1. The van der Waals surface area contributed by atoms with E-state index in [9.17, 15) is 9.59 Å². The zero-order chi connectivity index (χ0) is 20.2. The van der Waals surface area contributed by atoms with Gasteiger partial charge in [0.2, 0.25) is 5.91 Å². The second kappa shape index (κ2) is 8.81. The number of fused-ring (bicyclic) bond motifs is 1. The summed E-state index contributed by atoms with van der Waals surface area (Å²) in [5, 5.41) is 0. The van der Waals surface area contributed by atoms with Gasteiger partial charge >= 0.3 is 0 Å². The Bertz CT molecular complexity index is 870. The van der Waals surface area contributed by atoms with Gasteiger partial charge in [0.25, 0.3) is 0 Å². The molecule has 0 saturated heterocycles. The van der Waals surface area contributed by atoms with Crippen LogP contribution >= 0.6 is 0 Å². The quantitative estimate of drug-likeness (QED) is 0.587. The van der Waals surface area contributed by atoms with Crippen LogP contribution in [0.4, 0.5) is 0 Å². The van der Waals surface area contributed by atoms with E-state index < -0.39 is 0 Å². The molecule has 0 aliphatic heterocycles. The Morgan fingerprint density at radius 1 is 1.00 bits per heavy atom. The number of aryl methyl sites for hydroxylation is 1. The van der Waals surface area contributed by atoms with Crippen LogP contribution in [0, 0.1) is 0 Å². The highest BCUT2D eigenvalue weighted by molar-refractivity contribution is 5.96. The molecule has 0 aromatic heterocycles. The number of carbonyl (C=O) groups is 2. The van der Waals surface area contributed by atoms with Gasteiger partial charge in [-0.25, -0.2) is 0 Å². The molecule has 1 fully saturated rings. The summed E-state index contributed by atoms with van der Waals surface area (Å²) in [5.41, 5.74) is 3.39. The fourth-order valence-electron chi connectivity index (χ4n) is 4.45. The predicted octanol–water partition coefficient (Wildman–Crippen LogP) is 5.12. The highest BCUT2D eigenvalue weighted by Gasteiger charge is 2.39. The zero-order valence-electron chi connectivity index (χ0n) is 17.1. The molecule has 29 heavy (non-hydrogen) atoms. The van der Waals surface area contributed by atoms with Gasteiger partial charge in [-0.2, -0.15) is 0 Å². The van der Waals surface area contributed by atoms with Crippen molar-refractivity contribution in [1.29, 1.82) is 0 Å². The molecular formula is C25H29NO3. The summed E-state index contributed by atoms with van der Waals surface area (Å²) >= 11 is 0. The molecule has 152 valence electrons. The lowest BCUT2D eigenvalue weighted by Gasteiger charge is -2.36. The van der Waals surface area contributed by atoms with Crippen molar-refractivity contribution in [1.82, 2.24) is 4.90 Å². The van der Waals surface area contributed by atoms with Crippen LogP contribution in [0.1, 0.15) is 72.5 Å². The SMILES string of the molecule is COc1ccc(C(=O)CCCC(=O)N(C2CC2)C2CCCc3ccccc32)cc1. The third-order valence-electron chi connectivity index (χ3n) is 6.11. The van der Waals surface area contributed by atoms with Crippen LogP contribution in [0.5, 0.6) is 5.75 Å². The van der Waals surface area contributed by atoms with E-state index >= 15 is 0 Å². The van der Waals surface area contributed by atoms with E-state index in [1.807, 2.05) is 0 Å². The Morgan fingerprint density at radius 3 is 2.48 bits per heavy atom. The molecule has 2 aromatic rings. The van der Waals surface area contributed by atoms with Crippen LogP contribution < -0.4 is 4.74 Å². The van der Waals surface area contributed by atoms with Gasteiger partial charge in [0, 0.05) is 24.4 Å². The second-order valence-electron chi connectivity index (χ2n) is 8.14. The van der Waals surface area contributed by atoms with Crippen molar-refractivity contribution < 1.29 is 14.3 Å². The smallest absolute Gasteiger partial charge is 0.223 e. The third kappa shape index (κ3) is 4.52. The van der Waals surface area contributed by atoms with Gasteiger partial charge in [-0.3, -0.25) is 9.59 Å². The highest BCUT2D eigenvalue weighted by Crippen LogP contribution is 2.41. The summed E-state index contributed by atoms with van der Waals surface area (Å²) < 4.78 is 5.14. The first-order valence-corrected chi connectivity index (χ1v) is 10.7. The van der Waals surface area contributed by atoms with E-state index in [1.54, 1.807) is 31.4 Å². The summed E-state index contributed by atoms with van der Waals surface area (Å²) in [4.78, 5) is 27.7. The second-order valence-corrected chi connectivity index (χ2v) is 8.14. The van der Waals surface area contributed by atoms with Gasteiger partial charge in [-0.15, -0.1) is 0 Å². The van der Waals surface area contributed by atoms with Crippen molar-refractivity contribution in [3.8, 4) is 5.75 Å². The number of ether oxygens (including phenoxy) is 1. The first-order chi connectivity index (χ1) is 14.2. The molecular weight excluding hydrogens is 362 g/mol. The molecule has 0 radical (unpaired) electrons. The summed E-state index contributed by atoms with van der Waals surface area (Å²) in [6.07, 6.45) is 6.94. The Morgan fingerprint density at radius 2 is 1.76 bits per heavy atom. The summed E-state index contributed by atoms with van der Waals surface area (Å²) in [7, 11) is 1.61. The molecule has 0 bridgehead atoms. The lowest BCUT2D eigenvalue weighted by molar-refractivity contribution is -0.134. The number of rotatable bonds is 8. The average Bonchev–Trinajstić information content (AvgIpc) is 3.59. The van der Waals surface area contributed by atoms with E-state index in [2.05, 4.69) is 29.2 Å². The number of benzene rings is 2. The molecule has 4 heteroatoms. The highest BCUT2D eigenvalue weighted by atomic mass is 16.5. The predicted molar refractivity (Wildman–Crippen MR) is 113 cm³/mol. The molecule has 0 spiro atoms. The molecule has 0 N–H and O–H groups in total. The topological polar surface area (TPSA) is 46.6 Å². The first kappa shape index (κ1) is 19.7. The normalized spacial score (nSPS) is 18.0. The summed E-state index contributed by atoms with van der Waals surface area (Å²) in [6.45, 7) is 0. The summed E-state index contributed by atoms with van der Waals surface area (Å²) in [5.74, 6) is 1.03. The molecule has 1 atom stereocenters. The van der Waals surface area contributed by atoms with Crippen LogP contribution in [-0.2, 0) is 11.2 Å². The van der Waals surface area contributed by atoms with Crippen LogP contribution in [-0.4, -0.2) is 29.7 Å². The molecule has 1 saturated carbocycles. The van der Waals surface area contributed by atoms with Gasteiger partial charge in [0.15, 0.2) is 5.78 Å². The van der Waals surface area contributed by atoms with E-state index in [-0.39, 0.29) is 17.7 Å². The number of hydrogen-bond acceptors (Lipinski definition) is 3. The van der Waals surface area contributed by atoms with Crippen LogP contribution in [0.15, 0.2) is 48.5 Å². The molecule has 1 amide bonds. The number of Topliss-reactive ketones (excluding diaryl/α,β-unsaturated/α-hetero) is 1. The Labute approximate surface area is 172 Å². The van der Waals surface area contributed by atoms with Gasteiger partial charge in [-0.05, 0) is 73.9 Å². The minimum atomic E-state index is 0.0847. The number of amides is 1. The lowest BCUT2D eigenvalue weighted by Crippen LogP contribution is -2.38. The Hall–Kier alpha value is -2.62. The fourth-order valence-corrected chi connectivity index (χ4v) is 4.45. The largest absolute Gasteiger partial charge is 0.497 e. The first-order valence-electron chi connectivity index (χ1n) is 10.7.